The Bertz CT molecular complexity index is 868. The van der Waals surface area contributed by atoms with Gasteiger partial charge in [-0.2, -0.15) is 0 Å². The molecule has 1 spiro atoms. The number of para-hydroxylation sites is 1. The number of carbonyl (C=O) groups is 2. The van der Waals surface area contributed by atoms with Gasteiger partial charge in [0.25, 0.3) is 0 Å². The number of piperidine rings is 1. The first kappa shape index (κ1) is 18.3. The molecular weight excluding hydrogens is 352 g/mol. The van der Waals surface area contributed by atoms with Crippen molar-refractivity contribution in [1.29, 1.82) is 0 Å². The number of anilines is 2. The number of urea groups is 1. The zero-order chi connectivity index (χ0) is 19.7. The molecule has 0 bridgehead atoms. The fourth-order valence-electron chi connectivity index (χ4n) is 4.36. The SMILES string of the molecule is Cc1cc(C)cc(NC(=O)N2CCC3(CC2)C(=O)NCN3c2ccccc2)c1. The number of carbonyl (C=O) groups excluding carboxylic acids is 2. The first-order valence-corrected chi connectivity index (χ1v) is 9.73. The average Bonchev–Trinajstić information content (AvgIpc) is 2.98. The molecule has 3 amide bonds. The smallest absolute Gasteiger partial charge is 0.321 e. The Kier molecular flexibility index (Phi) is 4.71. The monoisotopic (exact) mass is 378 g/mol. The minimum absolute atomic E-state index is 0.0609. The fraction of sp³-hybridized carbons (Fsp3) is 0.364. The highest BCUT2D eigenvalue weighted by atomic mass is 16.2. The van der Waals surface area contributed by atoms with Crippen molar-refractivity contribution in [3.8, 4) is 0 Å². The van der Waals surface area contributed by atoms with E-state index < -0.39 is 5.54 Å². The molecule has 2 fully saturated rings. The lowest BCUT2D eigenvalue weighted by atomic mass is 9.85. The summed E-state index contributed by atoms with van der Waals surface area (Å²) in [6.45, 7) is 5.65. The number of nitrogens with one attached hydrogen (secondary N) is 2. The van der Waals surface area contributed by atoms with Crippen LogP contribution in [0.5, 0.6) is 0 Å². The lowest BCUT2D eigenvalue weighted by molar-refractivity contribution is -0.124. The largest absolute Gasteiger partial charge is 0.339 e. The van der Waals surface area contributed by atoms with Crippen LogP contribution in [0.15, 0.2) is 48.5 Å². The number of amides is 3. The van der Waals surface area contributed by atoms with E-state index in [0.29, 0.717) is 32.6 Å². The number of benzene rings is 2. The van der Waals surface area contributed by atoms with Crippen LogP contribution in [0.4, 0.5) is 16.2 Å². The summed E-state index contributed by atoms with van der Waals surface area (Å²) in [5, 5.41) is 5.99. The molecule has 2 heterocycles. The molecule has 0 radical (unpaired) electrons. The van der Waals surface area contributed by atoms with E-state index in [0.717, 1.165) is 22.5 Å². The molecule has 2 N–H and O–H groups in total. The summed E-state index contributed by atoms with van der Waals surface area (Å²) in [6, 6.07) is 15.9. The molecule has 2 aliphatic heterocycles. The van der Waals surface area contributed by atoms with E-state index in [-0.39, 0.29) is 11.9 Å². The van der Waals surface area contributed by atoms with Crippen LogP contribution in [0.2, 0.25) is 0 Å². The van der Waals surface area contributed by atoms with Gasteiger partial charge in [0.05, 0.1) is 6.67 Å². The predicted molar refractivity (Wildman–Crippen MR) is 110 cm³/mol. The summed E-state index contributed by atoms with van der Waals surface area (Å²) < 4.78 is 0. The van der Waals surface area contributed by atoms with Gasteiger partial charge in [-0.1, -0.05) is 24.3 Å². The average molecular weight is 378 g/mol. The van der Waals surface area contributed by atoms with E-state index in [2.05, 4.69) is 21.6 Å². The van der Waals surface area contributed by atoms with Crippen LogP contribution in [-0.2, 0) is 4.79 Å². The van der Waals surface area contributed by atoms with Crippen LogP contribution in [0.1, 0.15) is 24.0 Å². The first-order chi connectivity index (χ1) is 13.5. The van der Waals surface area contributed by atoms with Gasteiger partial charge in [0.2, 0.25) is 5.91 Å². The molecule has 0 aliphatic carbocycles. The van der Waals surface area contributed by atoms with Crippen molar-refractivity contribution < 1.29 is 9.59 Å². The lowest BCUT2D eigenvalue weighted by Crippen LogP contribution is -2.57. The molecule has 6 heteroatoms. The molecule has 28 heavy (non-hydrogen) atoms. The number of hydrogen-bond acceptors (Lipinski definition) is 3. The zero-order valence-corrected chi connectivity index (χ0v) is 16.4. The molecule has 0 saturated carbocycles. The lowest BCUT2D eigenvalue weighted by Gasteiger charge is -2.43. The summed E-state index contributed by atoms with van der Waals surface area (Å²) in [4.78, 5) is 29.4. The molecular formula is C22H26N4O2. The van der Waals surface area contributed by atoms with Gasteiger partial charge in [0.15, 0.2) is 0 Å². The van der Waals surface area contributed by atoms with Gasteiger partial charge in [-0.25, -0.2) is 4.79 Å². The van der Waals surface area contributed by atoms with Crippen molar-refractivity contribution in [3.05, 3.63) is 59.7 Å². The molecule has 2 aromatic rings. The third kappa shape index (κ3) is 3.30. The minimum Gasteiger partial charge on any atom is -0.339 e. The first-order valence-electron chi connectivity index (χ1n) is 9.73. The van der Waals surface area contributed by atoms with Crippen LogP contribution in [0, 0.1) is 13.8 Å². The second-order valence-corrected chi connectivity index (χ2v) is 7.75. The highest BCUT2D eigenvalue weighted by molar-refractivity contribution is 5.94. The van der Waals surface area contributed by atoms with Gasteiger partial charge >= 0.3 is 6.03 Å². The normalized spacial score (nSPS) is 18.3. The predicted octanol–water partition coefficient (Wildman–Crippen LogP) is 3.26. The Labute approximate surface area is 165 Å². The summed E-state index contributed by atoms with van der Waals surface area (Å²) in [5.41, 5.74) is 3.52. The van der Waals surface area contributed by atoms with Crippen LogP contribution in [0.25, 0.3) is 0 Å². The van der Waals surface area contributed by atoms with Gasteiger partial charge in [0, 0.05) is 24.5 Å². The molecule has 0 atom stereocenters. The molecule has 6 nitrogen and oxygen atoms in total. The van der Waals surface area contributed by atoms with E-state index in [1.54, 1.807) is 4.90 Å². The van der Waals surface area contributed by atoms with E-state index in [1.807, 2.05) is 56.3 Å². The van der Waals surface area contributed by atoms with Gasteiger partial charge in [-0.05, 0) is 62.1 Å². The molecule has 2 aromatic carbocycles. The van der Waals surface area contributed by atoms with Gasteiger partial charge in [0.1, 0.15) is 5.54 Å². The summed E-state index contributed by atoms with van der Waals surface area (Å²) in [6.07, 6.45) is 1.24. The summed E-state index contributed by atoms with van der Waals surface area (Å²) in [7, 11) is 0. The van der Waals surface area contributed by atoms with E-state index in [1.165, 1.54) is 0 Å². The van der Waals surface area contributed by atoms with E-state index >= 15 is 0 Å². The maximum Gasteiger partial charge on any atom is 0.321 e. The second-order valence-electron chi connectivity index (χ2n) is 7.75. The van der Waals surface area contributed by atoms with Crippen LogP contribution in [0.3, 0.4) is 0 Å². The molecule has 4 rings (SSSR count). The van der Waals surface area contributed by atoms with E-state index in [9.17, 15) is 9.59 Å². The van der Waals surface area contributed by atoms with Crippen LogP contribution >= 0.6 is 0 Å². The number of nitrogens with zero attached hydrogens (tertiary/aromatic N) is 2. The Morgan fingerprint density at radius 1 is 1.04 bits per heavy atom. The van der Waals surface area contributed by atoms with Crippen molar-refractivity contribution in [1.82, 2.24) is 10.2 Å². The summed E-state index contributed by atoms with van der Waals surface area (Å²) in [5.74, 6) is 0.0609. The van der Waals surface area contributed by atoms with Crippen molar-refractivity contribution >= 4 is 23.3 Å². The maximum atomic E-state index is 12.7. The van der Waals surface area contributed by atoms with Gasteiger partial charge in [-0.15, -0.1) is 0 Å². The number of aryl methyl sites for hydroxylation is 2. The second kappa shape index (κ2) is 7.19. The minimum atomic E-state index is -0.571. The topological polar surface area (TPSA) is 64.7 Å². The molecule has 146 valence electrons. The Morgan fingerprint density at radius 3 is 2.32 bits per heavy atom. The molecule has 2 saturated heterocycles. The summed E-state index contributed by atoms with van der Waals surface area (Å²) >= 11 is 0. The van der Waals surface area contributed by atoms with Crippen molar-refractivity contribution in [3.63, 3.8) is 0 Å². The number of hydrogen-bond donors (Lipinski definition) is 2. The number of likely N-dealkylation sites (tertiary alicyclic amines) is 1. The van der Waals surface area contributed by atoms with Crippen molar-refractivity contribution in [2.24, 2.45) is 0 Å². The van der Waals surface area contributed by atoms with Crippen LogP contribution < -0.4 is 15.5 Å². The fourth-order valence-corrected chi connectivity index (χ4v) is 4.36. The number of rotatable bonds is 2. The third-order valence-corrected chi connectivity index (χ3v) is 5.76. The molecule has 2 aliphatic rings. The van der Waals surface area contributed by atoms with Gasteiger partial charge in [-0.3, -0.25) is 4.79 Å². The molecule has 0 unspecified atom stereocenters. The highest BCUT2D eigenvalue weighted by Crippen LogP contribution is 2.36. The van der Waals surface area contributed by atoms with Gasteiger partial charge < -0.3 is 20.4 Å². The van der Waals surface area contributed by atoms with Crippen molar-refractivity contribution in [2.45, 2.75) is 32.2 Å². The quantitative estimate of drug-likeness (QED) is 0.843. The molecule has 0 aromatic heterocycles. The zero-order valence-electron chi connectivity index (χ0n) is 16.4. The van der Waals surface area contributed by atoms with E-state index in [4.69, 9.17) is 0 Å². The Hall–Kier alpha value is -3.02. The third-order valence-electron chi connectivity index (χ3n) is 5.76. The van der Waals surface area contributed by atoms with Crippen molar-refractivity contribution in [2.75, 3.05) is 30.0 Å². The Balaban J connectivity index is 1.46. The Morgan fingerprint density at radius 2 is 1.68 bits per heavy atom. The highest BCUT2D eigenvalue weighted by Gasteiger charge is 2.50. The standard InChI is InChI=1S/C22H26N4O2/c1-16-12-17(2)14-18(13-16)24-21(28)25-10-8-22(9-11-25)20(27)23-15-26(22)19-6-4-3-5-7-19/h3-7,12-14H,8-11,15H2,1-2H3,(H,23,27)(H,24,28). The maximum absolute atomic E-state index is 12.7. The van der Waals surface area contributed by atoms with Crippen LogP contribution in [-0.4, -0.2) is 42.1 Å².